The van der Waals surface area contributed by atoms with Crippen LogP contribution in [0.5, 0.6) is 0 Å². The summed E-state index contributed by atoms with van der Waals surface area (Å²) < 4.78 is 0. The molecule has 0 fully saturated rings. The summed E-state index contributed by atoms with van der Waals surface area (Å²) >= 11 is 0. The first-order valence-electron chi connectivity index (χ1n) is 6.49. The molecule has 18 heavy (non-hydrogen) atoms. The fraction of sp³-hybridized carbons (Fsp3) is 0.533. The standard InChI is InChI=1S/C15H24N2O/c1-15(2,3)14(12-8-5-4-6-9-12)17-13(18)10-7-11-16/h4-6,8-9,14H,7,10-11,16H2,1-3H3,(H,17,18). The molecule has 0 aliphatic rings. The number of carbonyl (C=O) groups excluding carboxylic acids is 1. The van der Waals surface area contributed by atoms with Gasteiger partial charge in [-0.3, -0.25) is 4.79 Å². The first kappa shape index (κ1) is 14.7. The molecule has 3 N–H and O–H groups in total. The van der Waals surface area contributed by atoms with Crippen molar-refractivity contribution in [2.24, 2.45) is 11.1 Å². The van der Waals surface area contributed by atoms with E-state index in [0.29, 0.717) is 13.0 Å². The molecule has 0 saturated heterocycles. The minimum atomic E-state index is -0.0142. The van der Waals surface area contributed by atoms with Crippen LogP contribution in [0.15, 0.2) is 30.3 Å². The largest absolute Gasteiger partial charge is 0.349 e. The number of nitrogens with two attached hydrogens (primary N) is 1. The quantitative estimate of drug-likeness (QED) is 0.841. The van der Waals surface area contributed by atoms with Crippen LogP contribution in [-0.2, 0) is 4.79 Å². The lowest BCUT2D eigenvalue weighted by molar-refractivity contribution is -0.122. The molecule has 0 aromatic heterocycles. The van der Waals surface area contributed by atoms with E-state index in [4.69, 9.17) is 5.73 Å². The van der Waals surface area contributed by atoms with Crippen molar-refractivity contribution in [3.05, 3.63) is 35.9 Å². The van der Waals surface area contributed by atoms with Gasteiger partial charge in [-0.2, -0.15) is 0 Å². The monoisotopic (exact) mass is 248 g/mol. The Bertz CT molecular complexity index is 368. The molecule has 0 bridgehead atoms. The van der Waals surface area contributed by atoms with Crippen molar-refractivity contribution in [1.82, 2.24) is 5.32 Å². The molecule has 0 radical (unpaired) electrons. The number of benzene rings is 1. The predicted molar refractivity (Wildman–Crippen MR) is 75.1 cm³/mol. The van der Waals surface area contributed by atoms with Gasteiger partial charge < -0.3 is 11.1 Å². The van der Waals surface area contributed by atoms with Crippen LogP contribution >= 0.6 is 0 Å². The van der Waals surface area contributed by atoms with Crippen LogP contribution in [-0.4, -0.2) is 12.5 Å². The SMILES string of the molecule is CC(C)(C)C(NC(=O)CCCN)c1ccccc1. The van der Waals surface area contributed by atoms with Crippen molar-refractivity contribution >= 4 is 5.91 Å². The van der Waals surface area contributed by atoms with Crippen LogP contribution in [0.1, 0.15) is 45.2 Å². The molecule has 0 saturated carbocycles. The Hall–Kier alpha value is -1.35. The van der Waals surface area contributed by atoms with E-state index in [0.717, 1.165) is 12.0 Å². The second-order valence-electron chi connectivity index (χ2n) is 5.67. The van der Waals surface area contributed by atoms with Crippen LogP contribution in [0.2, 0.25) is 0 Å². The van der Waals surface area contributed by atoms with E-state index in [9.17, 15) is 4.79 Å². The maximum Gasteiger partial charge on any atom is 0.220 e. The Kier molecular flexibility index (Phi) is 5.35. The lowest BCUT2D eigenvalue weighted by Gasteiger charge is -2.32. The molecular weight excluding hydrogens is 224 g/mol. The van der Waals surface area contributed by atoms with E-state index in [1.807, 2.05) is 18.2 Å². The average molecular weight is 248 g/mol. The van der Waals surface area contributed by atoms with Gasteiger partial charge in [-0.25, -0.2) is 0 Å². The molecule has 1 aromatic rings. The number of amides is 1. The van der Waals surface area contributed by atoms with Gasteiger partial charge in [-0.15, -0.1) is 0 Å². The zero-order valence-electron chi connectivity index (χ0n) is 11.6. The molecule has 3 heteroatoms. The van der Waals surface area contributed by atoms with Gasteiger partial charge in [0.25, 0.3) is 0 Å². The first-order chi connectivity index (χ1) is 8.45. The predicted octanol–water partition coefficient (Wildman–Crippen LogP) is 2.63. The highest BCUT2D eigenvalue weighted by Crippen LogP contribution is 2.32. The van der Waals surface area contributed by atoms with E-state index >= 15 is 0 Å². The van der Waals surface area contributed by atoms with Crippen molar-refractivity contribution in [2.45, 2.75) is 39.7 Å². The highest BCUT2D eigenvalue weighted by atomic mass is 16.1. The second kappa shape index (κ2) is 6.55. The third-order valence-electron chi connectivity index (χ3n) is 2.91. The minimum Gasteiger partial charge on any atom is -0.349 e. The second-order valence-corrected chi connectivity index (χ2v) is 5.67. The molecule has 0 spiro atoms. The molecule has 1 unspecified atom stereocenters. The van der Waals surface area contributed by atoms with E-state index in [1.165, 1.54) is 0 Å². The third-order valence-corrected chi connectivity index (χ3v) is 2.91. The van der Waals surface area contributed by atoms with E-state index in [2.05, 4.69) is 38.2 Å². The molecule has 1 amide bonds. The Morgan fingerprint density at radius 1 is 1.28 bits per heavy atom. The molecule has 1 rings (SSSR count). The first-order valence-corrected chi connectivity index (χ1v) is 6.49. The Morgan fingerprint density at radius 2 is 1.89 bits per heavy atom. The summed E-state index contributed by atoms with van der Waals surface area (Å²) in [6.07, 6.45) is 1.23. The third kappa shape index (κ3) is 4.49. The number of hydrogen-bond donors (Lipinski definition) is 2. The van der Waals surface area contributed by atoms with Crippen LogP contribution in [0.3, 0.4) is 0 Å². The van der Waals surface area contributed by atoms with Crippen molar-refractivity contribution in [3.63, 3.8) is 0 Å². The van der Waals surface area contributed by atoms with Gasteiger partial charge in [0, 0.05) is 6.42 Å². The van der Waals surface area contributed by atoms with E-state index in [1.54, 1.807) is 0 Å². The summed E-state index contributed by atoms with van der Waals surface area (Å²) in [5.74, 6) is 0.0734. The maximum absolute atomic E-state index is 11.9. The lowest BCUT2D eigenvalue weighted by atomic mass is 9.82. The van der Waals surface area contributed by atoms with E-state index in [-0.39, 0.29) is 17.4 Å². The van der Waals surface area contributed by atoms with Gasteiger partial charge in [-0.05, 0) is 23.9 Å². The maximum atomic E-state index is 11.9. The molecule has 0 aliphatic heterocycles. The molecular formula is C15H24N2O. The van der Waals surface area contributed by atoms with Gasteiger partial charge in [-0.1, -0.05) is 51.1 Å². The Balaban J connectivity index is 2.78. The lowest BCUT2D eigenvalue weighted by Crippen LogP contribution is -2.36. The van der Waals surface area contributed by atoms with Crippen LogP contribution < -0.4 is 11.1 Å². The summed E-state index contributed by atoms with van der Waals surface area (Å²) in [7, 11) is 0. The van der Waals surface area contributed by atoms with E-state index < -0.39 is 0 Å². The fourth-order valence-corrected chi connectivity index (χ4v) is 1.94. The van der Waals surface area contributed by atoms with Gasteiger partial charge in [0.05, 0.1) is 6.04 Å². The Labute approximate surface area is 110 Å². The summed E-state index contributed by atoms with van der Waals surface area (Å²) in [6.45, 7) is 6.95. The summed E-state index contributed by atoms with van der Waals surface area (Å²) in [5, 5.41) is 3.11. The van der Waals surface area contributed by atoms with Gasteiger partial charge in [0.1, 0.15) is 0 Å². The zero-order chi connectivity index (χ0) is 13.6. The molecule has 3 nitrogen and oxygen atoms in total. The topological polar surface area (TPSA) is 55.1 Å². The number of rotatable bonds is 5. The van der Waals surface area contributed by atoms with Crippen LogP contribution in [0.4, 0.5) is 0 Å². The van der Waals surface area contributed by atoms with Crippen LogP contribution in [0.25, 0.3) is 0 Å². The molecule has 0 aliphatic carbocycles. The van der Waals surface area contributed by atoms with Crippen molar-refractivity contribution in [2.75, 3.05) is 6.54 Å². The summed E-state index contributed by atoms with van der Waals surface area (Å²) in [6, 6.07) is 10.1. The van der Waals surface area contributed by atoms with Crippen LogP contribution in [0, 0.1) is 5.41 Å². The minimum absolute atomic E-state index is 0.0142. The van der Waals surface area contributed by atoms with Gasteiger partial charge in [0.2, 0.25) is 5.91 Å². The average Bonchev–Trinajstić information content (AvgIpc) is 2.33. The zero-order valence-corrected chi connectivity index (χ0v) is 11.6. The normalized spacial score (nSPS) is 13.1. The van der Waals surface area contributed by atoms with Gasteiger partial charge in [0.15, 0.2) is 0 Å². The molecule has 1 aromatic carbocycles. The summed E-state index contributed by atoms with van der Waals surface area (Å²) in [4.78, 5) is 11.9. The summed E-state index contributed by atoms with van der Waals surface area (Å²) in [5.41, 5.74) is 6.55. The number of nitrogens with one attached hydrogen (secondary N) is 1. The molecule has 100 valence electrons. The molecule has 1 atom stereocenters. The highest BCUT2D eigenvalue weighted by Gasteiger charge is 2.27. The fourth-order valence-electron chi connectivity index (χ4n) is 1.94. The van der Waals surface area contributed by atoms with Crippen molar-refractivity contribution < 1.29 is 4.79 Å². The van der Waals surface area contributed by atoms with Gasteiger partial charge >= 0.3 is 0 Å². The van der Waals surface area contributed by atoms with Crippen molar-refractivity contribution in [3.8, 4) is 0 Å². The molecule has 0 heterocycles. The number of carbonyl (C=O) groups is 1. The van der Waals surface area contributed by atoms with Crippen molar-refractivity contribution in [1.29, 1.82) is 0 Å². The number of hydrogen-bond acceptors (Lipinski definition) is 2. The Morgan fingerprint density at radius 3 is 2.39 bits per heavy atom. The highest BCUT2D eigenvalue weighted by molar-refractivity contribution is 5.76. The smallest absolute Gasteiger partial charge is 0.220 e.